The van der Waals surface area contributed by atoms with Crippen LogP contribution in [0, 0.1) is 0 Å². The third-order valence-corrected chi connectivity index (χ3v) is 7.29. The predicted octanol–water partition coefficient (Wildman–Crippen LogP) is 3.50. The van der Waals surface area contributed by atoms with E-state index in [1.165, 1.54) is 12.1 Å². The molecule has 1 heterocycles. The number of carboxylic acids is 1. The maximum atomic E-state index is 12.6. The Morgan fingerprint density at radius 1 is 1.15 bits per heavy atom. The Bertz CT molecular complexity index is 928. The zero-order valence-corrected chi connectivity index (χ0v) is 16.9. The number of aromatic carboxylic acids is 1. The summed E-state index contributed by atoms with van der Waals surface area (Å²) in [4.78, 5) is 13.8. The van der Waals surface area contributed by atoms with Gasteiger partial charge in [0, 0.05) is 34.8 Å². The van der Waals surface area contributed by atoms with E-state index >= 15 is 0 Å². The van der Waals surface area contributed by atoms with Crippen molar-refractivity contribution in [1.82, 2.24) is 0 Å². The number of hydrogen-bond donors (Lipinski definition) is 2. The van der Waals surface area contributed by atoms with Gasteiger partial charge in [0.1, 0.15) is 4.90 Å². The van der Waals surface area contributed by atoms with Crippen LogP contribution in [0.5, 0.6) is 0 Å². The first-order valence-corrected chi connectivity index (χ1v) is 11.3. The summed E-state index contributed by atoms with van der Waals surface area (Å²) in [7, 11) is -3.83. The lowest BCUT2D eigenvalue weighted by molar-refractivity contribution is 0.0697. The molecule has 2 N–H and O–H groups in total. The van der Waals surface area contributed by atoms with Crippen LogP contribution < -0.4 is 9.62 Å². The van der Waals surface area contributed by atoms with E-state index in [1.54, 1.807) is 30.3 Å². The lowest BCUT2D eigenvalue weighted by Gasteiger charge is -2.29. The minimum atomic E-state index is -3.83. The van der Waals surface area contributed by atoms with E-state index in [0.717, 1.165) is 24.6 Å². The molecule has 1 saturated heterocycles. The molecule has 0 amide bonds. The monoisotopic (exact) mass is 456 g/mol. The summed E-state index contributed by atoms with van der Waals surface area (Å²) in [5, 5.41) is 9.56. The van der Waals surface area contributed by atoms with Crippen molar-refractivity contribution >= 4 is 55.1 Å². The molecule has 0 aromatic heterocycles. The van der Waals surface area contributed by atoms with Gasteiger partial charge in [-0.2, -0.15) is 11.8 Å². The van der Waals surface area contributed by atoms with Gasteiger partial charge >= 0.3 is 5.97 Å². The van der Waals surface area contributed by atoms with Crippen LogP contribution >= 0.6 is 27.7 Å². The Labute approximate surface area is 164 Å². The van der Waals surface area contributed by atoms with Gasteiger partial charge in [0.05, 0.1) is 11.3 Å². The van der Waals surface area contributed by atoms with E-state index in [0.29, 0.717) is 10.2 Å². The second-order valence-electron chi connectivity index (χ2n) is 5.67. The smallest absolute Gasteiger partial charge is 0.337 e. The summed E-state index contributed by atoms with van der Waals surface area (Å²) in [5.74, 6) is 0.797. The summed E-state index contributed by atoms with van der Waals surface area (Å²) in [6.07, 6.45) is 0. The Morgan fingerprint density at radius 2 is 1.85 bits per heavy atom. The molecule has 26 heavy (non-hydrogen) atoms. The van der Waals surface area contributed by atoms with E-state index in [4.69, 9.17) is 0 Å². The van der Waals surface area contributed by atoms with Crippen molar-refractivity contribution in [3.8, 4) is 0 Å². The van der Waals surface area contributed by atoms with E-state index in [-0.39, 0.29) is 16.1 Å². The summed E-state index contributed by atoms with van der Waals surface area (Å²) >= 11 is 5.06. The molecule has 138 valence electrons. The van der Waals surface area contributed by atoms with Crippen LogP contribution in [0.1, 0.15) is 10.4 Å². The molecule has 0 radical (unpaired) electrons. The molecule has 9 heteroatoms. The molecule has 0 atom stereocenters. The first-order valence-electron chi connectivity index (χ1n) is 7.86. The van der Waals surface area contributed by atoms with Gasteiger partial charge in [-0.1, -0.05) is 12.1 Å². The number of halogens is 1. The Hall–Kier alpha value is -1.71. The largest absolute Gasteiger partial charge is 0.478 e. The Balaban J connectivity index is 1.93. The number of rotatable bonds is 5. The third-order valence-electron chi connectivity index (χ3n) is 3.96. The molecule has 2 aromatic rings. The highest BCUT2D eigenvalue weighted by Crippen LogP contribution is 2.29. The quantitative estimate of drug-likeness (QED) is 0.715. The molecule has 0 saturated carbocycles. The number of nitrogens with zero attached hydrogens (tertiary/aromatic N) is 1. The van der Waals surface area contributed by atoms with Crippen LogP contribution in [0.3, 0.4) is 0 Å². The summed E-state index contributed by atoms with van der Waals surface area (Å²) in [6.45, 7) is 1.54. The molecule has 0 aliphatic carbocycles. The number of carbonyl (C=O) groups is 1. The van der Waals surface area contributed by atoms with Gasteiger partial charge in [-0.15, -0.1) is 0 Å². The zero-order chi connectivity index (χ0) is 18.7. The minimum Gasteiger partial charge on any atom is -0.478 e. The predicted molar refractivity (Wildman–Crippen MR) is 108 cm³/mol. The molecular formula is C17H17BrN2O4S2. The van der Waals surface area contributed by atoms with Crippen LogP contribution in [-0.4, -0.2) is 44.1 Å². The highest BCUT2D eigenvalue weighted by molar-refractivity contribution is 9.10. The first kappa shape index (κ1) is 19.1. The number of nitrogens with one attached hydrogen (secondary N) is 1. The van der Waals surface area contributed by atoms with E-state index in [2.05, 4.69) is 20.7 Å². The highest BCUT2D eigenvalue weighted by Gasteiger charge is 2.21. The molecule has 0 bridgehead atoms. The molecule has 0 spiro atoms. The maximum absolute atomic E-state index is 12.6. The number of thioether (sulfide) groups is 1. The first-order chi connectivity index (χ1) is 12.4. The van der Waals surface area contributed by atoms with Crippen molar-refractivity contribution in [2.45, 2.75) is 4.90 Å². The topological polar surface area (TPSA) is 86.7 Å². The molecule has 1 aliphatic rings. The lowest BCUT2D eigenvalue weighted by atomic mass is 10.1. The standard InChI is InChI=1S/C17H17BrN2O4S2/c18-14-3-1-2-4-16(14)26(23,24)19-12-5-6-15(13(11-12)17(21)22)20-7-9-25-10-8-20/h1-6,11,19H,7-10H2,(H,21,22). The number of anilines is 2. The molecule has 0 unspecified atom stereocenters. The normalized spacial score (nSPS) is 14.9. The Kier molecular flexibility index (Phi) is 5.79. The van der Waals surface area contributed by atoms with Crippen LogP contribution in [0.2, 0.25) is 0 Å². The van der Waals surface area contributed by atoms with Gasteiger partial charge in [0.15, 0.2) is 0 Å². The fourth-order valence-electron chi connectivity index (χ4n) is 2.72. The van der Waals surface area contributed by atoms with E-state index in [9.17, 15) is 18.3 Å². The van der Waals surface area contributed by atoms with Crippen molar-refractivity contribution in [3.63, 3.8) is 0 Å². The second kappa shape index (κ2) is 7.89. The average Bonchev–Trinajstić information content (AvgIpc) is 2.62. The van der Waals surface area contributed by atoms with Crippen molar-refractivity contribution in [1.29, 1.82) is 0 Å². The summed E-state index contributed by atoms with van der Waals surface area (Å²) in [5.41, 5.74) is 0.916. The Morgan fingerprint density at radius 3 is 2.50 bits per heavy atom. The van der Waals surface area contributed by atoms with Gasteiger partial charge in [-0.25, -0.2) is 13.2 Å². The van der Waals surface area contributed by atoms with E-state index in [1.807, 2.05) is 16.7 Å². The van der Waals surface area contributed by atoms with Crippen molar-refractivity contribution in [3.05, 3.63) is 52.5 Å². The molecule has 1 fully saturated rings. The van der Waals surface area contributed by atoms with Gasteiger partial charge in [-0.3, -0.25) is 4.72 Å². The molecular weight excluding hydrogens is 440 g/mol. The highest BCUT2D eigenvalue weighted by atomic mass is 79.9. The van der Waals surface area contributed by atoms with Crippen LogP contribution in [0.25, 0.3) is 0 Å². The van der Waals surface area contributed by atoms with Crippen LogP contribution in [0.15, 0.2) is 51.8 Å². The number of sulfonamides is 1. The SMILES string of the molecule is O=C(O)c1cc(NS(=O)(=O)c2ccccc2Br)ccc1N1CCSCC1. The number of carboxylic acid groups (broad SMARTS) is 1. The van der Waals surface area contributed by atoms with Crippen molar-refractivity contribution < 1.29 is 18.3 Å². The second-order valence-corrected chi connectivity index (χ2v) is 9.40. The minimum absolute atomic E-state index is 0.0872. The average molecular weight is 457 g/mol. The third kappa shape index (κ3) is 4.16. The van der Waals surface area contributed by atoms with Gasteiger partial charge in [0.2, 0.25) is 0 Å². The number of benzene rings is 2. The van der Waals surface area contributed by atoms with Gasteiger partial charge in [-0.05, 0) is 46.3 Å². The van der Waals surface area contributed by atoms with Crippen molar-refractivity contribution in [2.24, 2.45) is 0 Å². The fourth-order valence-corrected chi connectivity index (χ4v) is 5.68. The molecule has 2 aromatic carbocycles. The zero-order valence-electron chi connectivity index (χ0n) is 13.7. The molecule has 3 rings (SSSR count). The summed E-state index contributed by atoms with van der Waals surface area (Å²) < 4.78 is 28.1. The maximum Gasteiger partial charge on any atom is 0.337 e. The fraction of sp³-hybridized carbons (Fsp3) is 0.235. The van der Waals surface area contributed by atoms with Gasteiger partial charge in [0.25, 0.3) is 10.0 Å². The van der Waals surface area contributed by atoms with E-state index < -0.39 is 16.0 Å². The molecule has 1 aliphatic heterocycles. The van der Waals surface area contributed by atoms with Crippen molar-refractivity contribution in [2.75, 3.05) is 34.2 Å². The molecule has 6 nitrogen and oxygen atoms in total. The van der Waals surface area contributed by atoms with Crippen LogP contribution in [-0.2, 0) is 10.0 Å². The number of hydrogen-bond acceptors (Lipinski definition) is 5. The van der Waals surface area contributed by atoms with Crippen LogP contribution in [0.4, 0.5) is 11.4 Å². The lowest BCUT2D eigenvalue weighted by Crippen LogP contribution is -2.33. The summed E-state index contributed by atoms with van der Waals surface area (Å²) in [6, 6.07) is 11.1. The van der Waals surface area contributed by atoms with Gasteiger partial charge < -0.3 is 10.0 Å².